The maximum absolute atomic E-state index is 11.8. The van der Waals surface area contributed by atoms with Crippen molar-refractivity contribution >= 4 is 17.9 Å². The molecule has 0 radical (unpaired) electrons. The number of carbonyl (C=O) groups is 3. The molecule has 0 rings (SSSR count). The number of carboxylic acid groups (broad SMARTS) is 1. The molecule has 4 N–H and O–H groups in total. The molecule has 0 aliphatic heterocycles. The van der Waals surface area contributed by atoms with Crippen LogP contribution in [0.4, 0.5) is 4.79 Å². The molecule has 116 valence electrons. The van der Waals surface area contributed by atoms with Crippen LogP contribution in [0.15, 0.2) is 0 Å². The number of carboxylic acids is 1. The predicted molar refractivity (Wildman–Crippen MR) is 75.4 cm³/mol. The Morgan fingerprint density at radius 3 is 2.15 bits per heavy atom. The van der Waals surface area contributed by atoms with Crippen LogP contribution in [0.25, 0.3) is 0 Å². The summed E-state index contributed by atoms with van der Waals surface area (Å²) in [7, 11) is 0. The first-order valence-electron chi connectivity index (χ1n) is 6.68. The number of nitrogens with one attached hydrogen (secondary N) is 3. The highest BCUT2D eigenvalue weighted by atomic mass is 16.4. The summed E-state index contributed by atoms with van der Waals surface area (Å²) in [4.78, 5) is 34.3. The molecule has 0 spiro atoms. The molecule has 0 aromatic heterocycles. The first-order valence-corrected chi connectivity index (χ1v) is 6.68. The number of rotatable bonds is 6. The third-order valence-electron chi connectivity index (χ3n) is 2.45. The minimum Gasteiger partial charge on any atom is -0.480 e. The van der Waals surface area contributed by atoms with Gasteiger partial charge in [-0.3, -0.25) is 20.2 Å². The number of aliphatic carboxylic acids is 1. The molecule has 0 saturated heterocycles. The molecular formula is C13H25N3O4. The van der Waals surface area contributed by atoms with Crippen LogP contribution in [0.1, 0.15) is 47.5 Å². The van der Waals surface area contributed by atoms with Gasteiger partial charge < -0.3 is 10.4 Å². The van der Waals surface area contributed by atoms with E-state index in [0.717, 1.165) is 0 Å². The Kier molecular flexibility index (Phi) is 7.20. The van der Waals surface area contributed by atoms with E-state index in [0.29, 0.717) is 12.8 Å². The van der Waals surface area contributed by atoms with E-state index >= 15 is 0 Å². The lowest BCUT2D eigenvalue weighted by atomic mass is 10.1. The van der Waals surface area contributed by atoms with Crippen LogP contribution < -0.4 is 16.0 Å². The Morgan fingerprint density at radius 2 is 1.75 bits per heavy atom. The van der Waals surface area contributed by atoms with E-state index in [1.807, 2.05) is 6.92 Å². The number of hydrogen-bond acceptors (Lipinski definition) is 4. The predicted octanol–water partition coefficient (Wildman–Crippen LogP) is 0.842. The minimum atomic E-state index is -1.01. The van der Waals surface area contributed by atoms with Crippen molar-refractivity contribution in [3.05, 3.63) is 0 Å². The van der Waals surface area contributed by atoms with Gasteiger partial charge in [0, 0.05) is 5.54 Å². The average molecular weight is 287 g/mol. The quantitative estimate of drug-likeness (QED) is 0.579. The van der Waals surface area contributed by atoms with Crippen molar-refractivity contribution in [3.63, 3.8) is 0 Å². The molecule has 2 unspecified atom stereocenters. The van der Waals surface area contributed by atoms with Gasteiger partial charge in [0.05, 0.1) is 6.04 Å². The zero-order valence-corrected chi connectivity index (χ0v) is 12.7. The van der Waals surface area contributed by atoms with E-state index in [2.05, 4.69) is 16.0 Å². The molecule has 0 aromatic rings. The van der Waals surface area contributed by atoms with Gasteiger partial charge in [-0.05, 0) is 34.1 Å². The Morgan fingerprint density at radius 1 is 1.20 bits per heavy atom. The molecule has 7 heteroatoms. The SMILES string of the molecule is CCCC(NC(C)C(=O)NC(=O)NC(C)(C)C)C(=O)O. The molecule has 20 heavy (non-hydrogen) atoms. The molecule has 0 bridgehead atoms. The van der Waals surface area contributed by atoms with Crippen LogP contribution in [-0.4, -0.2) is 40.6 Å². The molecule has 0 fully saturated rings. The summed E-state index contributed by atoms with van der Waals surface area (Å²) in [5.74, 6) is -1.57. The van der Waals surface area contributed by atoms with Gasteiger partial charge in [0.1, 0.15) is 6.04 Å². The number of imide groups is 1. The fourth-order valence-corrected chi connectivity index (χ4v) is 1.54. The van der Waals surface area contributed by atoms with Gasteiger partial charge in [0.2, 0.25) is 5.91 Å². The van der Waals surface area contributed by atoms with Crippen molar-refractivity contribution in [1.29, 1.82) is 0 Å². The van der Waals surface area contributed by atoms with Gasteiger partial charge in [0.15, 0.2) is 0 Å². The fourth-order valence-electron chi connectivity index (χ4n) is 1.54. The highest BCUT2D eigenvalue weighted by Gasteiger charge is 2.24. The van der Waals surface area contributed by atoms with Crippen molar-refractivity contribution in [2.45, 2.75) is 65.1 Å². The normalized spacial score (nSPS) is 14.2. The van der Waals surface area contributed by atoms with Crippen LogP contribution in [-0.2, 0) is 9.59 Å². The largest absolute Gasteiger partial charge is 0.480 e. The van der Waals surface area contributed by atoms with Crippen molar-refractivity contribution in [3.8, 4) is 0 Å². The average Bonchev–Trinajstić information content (AvgIpc) is 2.25. The highest BCUT2D eigenvalue weighted by molar-refractivity contribution is 5.97. The second-order valence-corrected chi connectivity index (χ2v) is 5.76. The third-order valence-corrected chi connectivity index (χ3v) is 2.45. The maximum atomic E-state index is 11.8. The van der Waals surface area contributed by atoms with E-state index in [-0.39, 0.29) is 0 Å². The molecular weight excluding hydrogens is 262 g/mol. The van der Waals surface area contributed by atoms with Gasteiger partial charge in [-0.25, -0.2) is 4.79 Å². The Bertz CT molecular complexity index is 363. The summed E-state index contributed by atoms with van der Waals surface area (Å²) in [5.41, 5.74) is -0.452. The van der Waals surface area contributed by atoms with Gasteiger partial charge in [-0.15, -0.1) is 0 Å². The second kappa shape index (κ2) is 7.84. The third kappa shape index (κ3) is 7.73. The summed E-state index contributed by atoms with van der Waals surface area (Å²) < 4.78 is 0. The van der Waals surface area contributed by atoms with Crippen LogP contribution in [0, 0.1) is 0 Å². The maximum Gasteiger partial charge on any atom is 0.321 e. The van der Waals surface area contributed by atoms with Gasteiger partial charge in [-0.1, -0.05) is 13.3 Å². The lowest BCUT2D eigenvalue weighted by Gasteiger charge is -2.22. The second-order valence-electron chi connectivity index (χ2n) is 5.76. The van der Waals surface area contributed by atoms with Gasteiger partial charge >= 0.3 is 12.0 Å². The zero-order chi connectivity index (χ0) is 15.9. The summed E-state index contributed by atoms with van der Waals surface area (Å²) in [6.07, 6.45) is 1.10. The lowest BCUT2D eigenvalue weighted by molar-refractivity contribution is -0.140. The molecule has 0 aromatic carbocycles. The minimum absolute atomic E-state index is 0.418. The smallest absolute Gasteiger partial charge is 0.321 e. The van der Waals surface area contributed by atoms with E-state index < -0.39 is 35.5 Å². The van der Waals surface area contributed by atoms with E-state index in [1.165, 1.54) is 6.92 Å². The van der Waals surface area contributed by atoms with Crippen molar-refractivity contribution in [1.82, 2.24) is 16.0 Å². The summed E-state index contributed by atoms with van der Waals surface area (Å²) in [6.45, 7) is 8.76. The van der Waals surface area contributed by atoms with Crippen LogP contribution >= 0.6 is 0 Å². The molecule has 0 aliphatic rings. The fraction of sp³-hybridized carbons (Fsp3) is 0.769. The first-order chi connectivity index (χ1) is 9.06. The van der Waals surface area contributed by atoms with Crippen molar-refractivity contribution < 1.29 is 19.5 Å². The number of carbonyl (C=O) groups excluding carboxylic acids is 2. The molecule has 0 aliphatic carbocycles. The number of amides is 3. The van der Waals surface area contributed by atoms with Gasteiger partial charge in [-0.2, -0.15) is 0 Å². The Labute approximate surface area is 119 Å². The standard InChI is InChI=1S/C13H25N3O4/c1-6-7-9(11(18)19)14-8(2)10(17)15-12(20)16-13(3,4)5/h8-9,14H,6-7H2,1-5H3,(H,18,19)(H2,15,16,17,20). The van der Waals surface area contributed by atoms with Crippen LogP contribution in [0.2, 0.25) is 0 Å². The molecule has 0 heterocycles. The monoisotopic (exact) mass is 287 g/mol. The van der Waals surface area contributed by atoms with E-state index in [4.69, 9.17) is 5.11 Å². The van der Waals surface area contributed by atoms with E-state index in [1.54, 1.807) is 20.8 Å². The highest BCUT2D eigenvalue weighted by Crippen LogP contribution is 2.00. The Balaban J connectivity index is 4.40. The summed E-state index contributed by atoms with van der Waals surface area (Å²) in [5, 5.41) is 16.5. The molecule has 7 nitrogen and oxygen atoms in total. The molecule has 3 amide bonds. The number of urea groups is 1. The van der Waals surface area contributed by atoms with Crippen molar-refractivity contribution in [2.75, 3.05) is 0 Å². The zero-order valence-electron chi connectivity index (χ0n) is 12.7. The first kappa shape index (κ1) is 18.4. The molecule has 2 atom stereocenters. The Hall–Kier alpha value is -1.63. The van der Waals surface area contributed by atoms with Crippen LogP contribution in [0.5, 0.6) is 0 Å². The van der Waals surface area contributed by atoms with Crippen molar-refractivity contribution in [2.24, 2.45) is 0 Å². The van der Waals surface area contributed by atoms with E-state index in [9.17, 15) is 14.4 Å². The summed E-state index contributed by atoms with van der Waals surface area (Å²) >= 11 is 0. The topological polar surface area (TPSA) is 108 Å². The van der Waals surface area contributed by atoms with Crippen LogP contribution in [0.3, 0.4) is 0 Å². The number of hydrogen-bond donors (Lipinski definition) is 4. The molecule has 0 saturated carbocycles. The lowest BCUT2D eigenvalue weighted by Crippen LogP contribution is -2.54. The van der Waals surface area contributed by atoms with Gasteiger partial charge in [0.25, 0.3) is 0 Å². The summed E-state index contributed by atoms with van der Waals surface area (Å²) in [6, 6.07) is -2.17.